The van der Waals surface area contributed by atoms with Crippen LogP contribution in [0.15, 0.2) is 30.3 Å². The van der Waals surface area contributed by atoms with E-state index in [1.54, 1.807) is 13.0 Å². The molecule has 0 spiro atoms. The summed E-state index contributed by atoms with van der Waals surface area (Å²) < 4.78 is 37.8. The van der Waals surface area contributed by atoms with E-state index in [4.69, 9.17) is 5.73 Å². The minimum atomic E-state index is -4.39. The molecule has 2 aromatic rings. The van der Waals surface area contributed by atoms with Crippen LogP contribution in [0.3, 0.4) is 0 Å². The number of aliphatic hydroxyl groups excluding tert-OH is 1. The van der Waals surface area contributed by atoms with Crippen molar-refractivity contribution in [3.8, 4) is 11.3 Å². The highest BCUT2D eigenvalue weighted by Gasteiger charge is 2.30. The van der Waals surface area contributed by atoms with Crippen LogP contribution in [-0.4, -0.2) is 27.7 Å². The number of alkyl halides is 3. The largest absolute Gasteiger partial charge is 0.672 e. The molecular formula is C15H16F3N4O-. The molecule has 0 saturated carbocycles. The molecule has 0 bridgehead atoms. The summed E-state index contributed by atoms with van der Waals surface area (Å²) in [6, 6.07) is 6.19. The van der Waals surface area contributed by atoms with E-state index in [1.165, 1.54) is 12.1 Å². The second kappa shape index (κ2) is 6.93. The lowest BCUT2D eigenvalue weighted by molar-refractivity contribution is -0.137. The number of hydrogen-bond acceptors (Lipinski definition) is 4. The Morgan fingerprint density at radius 3 is 2.39 bits per heavy atom. The number of anilines is 1. The predicted molar refractivity (Wildman–Crippen MR) is 80.7 cm³/mol. The third-order valence-electron chi connectivity index (χ3n) is 3.02. The van der Waals surface area contributed by atoms with E-state index in [0.717, 1.165) is 12.1 Å². The summed E-state index contributed by atoms with van der Waals surface area (Å²) in [6.45, 7) is 1.74. The molecule has 8 heteroatoms. The fourth-order valence-electron chi connectivity index (χ4n) is 1.88. The lowest BCUT2D eigenvalue weighted by Crippen LogP contribution is -2.17. The van der Waals surface area contributed by atoms with Gasteiger partial charge in [0.2, 0.25) is 5.95 Å². The maximum absolute atomic E-state index is 12.6. The minimum Gasteiger partial charge on any atom is -0.672 e. The Kier molecular flexibility index (Phi) is 5.17. The van der Waals surface area contributed by atoms with E-state index < -0.39 is 17.8 Å². The van der Waals surface area contributed by atoms with Gasteiger partial charge in [0.25, 0.3) is 0 Å². The Labute approximate surface area is 131 Å². The molecule has 0 radical (unpaired) electrons. The third-order valence-corrected chi connectivity index (χ3v) is 3.02. The van der Waals surface area contributed by atoms with Gasteiger partial charge < -0.3 is 16.2 Å². The molecule has 0 aliphatic rings. The second-order valence-corrected chi connectivity index (χ2v) is 5.05. The first-order chi connectivity index (χ1) is 10.8. The Morgan fingerprint density at radius 1 is 1.22 bits per heavy atom. The van der Waals surface area contributed by atoms with Crippen molar-refractivity contribution in [1.82, 2.24) is 9.97 Å². The Bertz CT molecular complexity index is 657. The fraction of sp³-hybridized carbons (Fsp3) is 0.333. The van der Waals surface area contributed by atoms with Gasteiger partial charge in [-0.15, -0.1) is 6.54 Å². The third kappa shape index (κ3) is 4.64. The molecule has 1 aromatic heterocycles. The van der Waals surface area contributed by atoms with E-state index >= 15 is 0 Å². The van der Waals surface area contributed by atoms with Crippen LogP contribution in [0, 0.1) is 0 Å². The van der Waals surface area contributed by atoms with Crippen molar-refractivity contribution in [3.05, 3.63) is 47.3 Å². The van der Waals surface area contributed by atoms with Gasteiger partial charge in [0.15, 0.2) is 0 Å². The van der Waals surface area contributed by atoms with E-state index in [2.05, 4.69) is 15.3 Å². The first kappa shape index (κ1) is 17.2. The average molecular weight is 325 g/mol. The van der Waals surface area contributed by atoms with Gasteiger partial charge in [0, 0.05) is 17.8 Å². The average Bonchev–Trinajstić information content (AvgIpc) is 2.52. The van der Waals surface area contributed by atoms with Crippen molar-refractivity contribution in [2.75, 3.05) is 11.9 Å². The van der Waals surface area contributed by atoms with E-state index in [0.29, 0.717) is 17.0 Å². The monoisotopic (exact) mass is 325 g/mol. The molecule has 1 aromatic carbocycles. The van der Waals surface area contributed by atoms with Crippen LogP contribution in [0.4, 0.5) is 19.1 Å². The molecule has 0 amide bonds. The quantitative estimate of drug-likeness (QED) is 0.881. The molecular weight excluding hydrogens is 309 g/mol. The smallest absolute Gasteiger partial charge is 0.416 e. The number of aromatic nitrogens is 2. The summed E-state index contributed by atoms with van der Waals surface area (Å²) in [4.78, 5) is 8.32. The molecule has 0 aliphatic heterocycles. The van der Waals surface area contributed by atoms with E-state index in [9.17, 15) is 18.3 Å². The predicted octanol–water partition coefficient (Wildman–Crippen LogP) is 3.51. The number of nitrogens with one attached hydrogen (secondary N) is 2. The minimum absolute atomic E-state index is 0.0838. The fourth-order valence-corrected chi connectivity index (χ4v) is 1.88. The van der Waals surface area contributed by atoms with Crippen molar-refractivity contribution in [2.24, 2.45) is 0 Å². The summed E-state index contributed by atoms with van der Waals surface area (Å²) >= 11 is 0. The first-order valence-corrected chi connectivity index (χ1v) is 6.91. The zero-order chi connectivity index (χ0) is 17.0. The van der Waals surface area contributed by atoms with Crippen LogP contribution < -0.4 is 5.32 Å². The first-order valence-electron chi connectivity index (χ1n) is 6.91. The summed E-state index contributed by atoms with van der Waals surface area (Å²) in [6.07, 6.45) is -4.99. The SMILES string of the molecule is CC(O)CNc1nc(C[NH-])cc(-c2ccc(C(F)(F)F)cc2)n1. The molecule has 3 N–H and O–H groups in total. The van der Waals surface area contributed by atoms with Crippen molar-refractivity contribution < 1.29 is 18.3 Å². The lowest BCUT2D eigenvalue weighted by Gasteiger charge is -2.12. The van der Waals surface area contributed by atoms with Crippen molar-refractivity contribution in [2.45, 2.75) is 25.7 Å². The molecule has 1 heterocycles. The molecule has 5 nitrogen and oxygen atoms in total. The molecule has 0 saturated heterocycles. The normalized spacial score (nSPS) is 13.0. The molecule has 124 valence electrons. The van der Waals surface area contributed by atoms with Gasteiger partial charge in [0.1, 0.15) is 0 Å². The van der Waals surface area contributed by atoms with Crippen LogP contribution >= 0.6 is 0 Å². The molecule has 0 aliphatic carbocycles. The standard InChI is InChI=1S/C15H16F3N4O/c1-9(23)8-20-14-21-12(7-19)6-13(22-14)10-2-4-11(5-3-10)15(16,17)18/h2-6,9,19,23H,7-8H2,1H3,(H,20,21,22)/q-1. The summed E-state index contributed by atoms with van der Waals surface area (Å²) in [5.74, 6) is 0.227. The summed E-state index contributed by atoms with van der Waals surface area (Å²) in [5, 5.41) is 12.1. The van der Waals surface area contributed by atoms with E-state index in [1.807, 2.05) is 0 Å². The number of halogens is 3. The highest BCUT2D eigenvalue weighted by Crippen LogP contribution is 2.30. The highest BCUT2D eigenvalue weighted by atomic mass is 19.4. The molecule has 1 atom stereocenters. The maximum Gasteiger partial charge on any atom is 0.416 e. The van der Waals surface area contributed by atoms with Crippen LogP contribution in [0.2, 0.25) is 0 Å². The topological polar surface area (TPSA) is 81.8 Å². The number of hydrogen-bond donors (Lipinski definition) is 2. The number of benzene rings is 1. The van der Waals surface area contributed by atoms with Gasteiger partial charge in [0.05, 0.1) is 17.4 Å². The second-order valence-electron chi connectivity index (χ2n) is 5.05. The number of aliphatic hydroxyl groups is 1. The van der Waals surface area contributed by atoms with Crippen LogP contribution in [0.5, 0.6) is 0 Å². The lowest BCUT2D eigenvalue weighted by atomic mass is 10.1. The van der Waals surface area contributed by atoms with Crippen molar-refractivity contribution in [3.63, 3.8) is 0 Å². The van der Waals surface area contributed by atoms with Crippen LogP contribution in [-0.2, 0) is 12.7 Å². The van der Waals surface area contributed by atoms with Gasteiger partial charge in [-0.25, -0.2) is 9.97 Å². The molecule has 23 heavy (non-hydrogen) atoms. The maximum atomic E-state index is 12.6. The zero-order valence-electron chi connectivity index (χ0n) is 12.4. The van der Waals surface area contributed by atoms with Gasteiger partial charge in [-0.1, -0.05) is 12.1 Å². The van der Waals surface area contributed by atoms with Crippen molar-refractivity contribution >= 4 is 5.95 Å². The number of nitrogens with zero attached hydrogens (tertiary/aromatic N) is 2. The van der Waals surface area contributed by atoms with Crippen LogP contribution in [0.1, 0.15) is 18.2 Å². The molecule has 1 unspecified atom stereocenters. The number of rotatable bonds is 5. The van der Waals surface area contributed by atoms with Gasteiger partial charge >= 0.3 is 6.18 Å². The summed E-state index contributed by atoms with van der Waals surface area (Å²) in [7, 11) is 0. The molecule has 0 fully saturated rings. The Morgan fingerprint density at radius 2 is 1.87 bits per heavy atom. The van der Waals surface area contributed by atoms with E-state index in [-0.39, 0.29) is 19.0 Å². The Balaban J connectivity index is 2.32. The molecule has 2 rings (SSSR count). The highest BCUT2D eigenvalue weighted by molar-refractivity contribution is 5.61. The summed E-state index contributed by atoms with van der Waals surface area (Å²) in [5.41, 5.74) is 8.03. The van der Waals surface area contributed by atoms with Gasteiger partial charge in [-0.05, 0) is 25.1 Å². The van der Waals surface area contributed by atoms with Crippen molar-refractivity contribution in [1.29, 1.82) is 0 Å². The van der Waals surface area contributed by atoms with Gasteiger partial charge in [-0.2, -0.15) is 13.2 Å². The van der Waals surface area contributed by atoms with Gasteiger partial charge in [-0.3, -0.25) is 0 Å². The van der Waals surface area contributed by atoms with Crippen LogP contribution in [0.25, 0.3) is 17.0 Å². The zero-order valence-corrected chi connectivity index (χ0v) is 12.4. The Hall–Kier alpha value is -2.19.